The molecule has 1 saturated heterocycles. The van der Waals surface area contributed by atoms with Crippen LogP contribution in [0.1, 0.15) is 50.8 Å². The second kappa shape index (κ2) is 20.3. The summed E-state index contributed by atoms with van der Waals surface area (Å²) in [6, 6.07) is 0. The van der Waals surface area contributed by atoms with E-state index < -0.39 is 83.3 Å². The molecule has 48 heavy (non-hydrogen) atoms. The second-order valence-corrected chi connectivity index (χ2v) is 14.0. The molecule has 2 heterocycles. The molecular formula is C21H29BN4O18P3Y-5. The molecule has 2 rings (SSSR count). The Kier molecular flexibility index (Phi) is 19.7. The van der Waals surface area contributed by atoms with Gasteiger partial charge in [-0.3, -0.25) is 39.1 Å². The number of rotatable bonds is 18. The van der Waals surface area contributed by atoms with Crippen LogP contribution < -0.4 is 31.7 Å². The predicted molar refractivity (Wildman–Crippen MR) is 149 cm³/mol. The number of hydrogen-bond acceptors (Lipinski definition) is 17. The third-order valence-electron chi connectivity index (χ3n) is 5.90. The van der Waals surface area contributed by atoms with Gasteiger partial charge in [0.2, 0.25) is 5.91 Å². The predicted octanol–water partition coefficient (Wildman–Crippen LogP) is -2.94. The normalized spacial score (nSPS) is 23.1. The number of ether oxygens (including phenoxy) is 1. The number of unbranched alkanes of at least 4 members (excludes halogenated alkanes) is 1. The van der Waals surface area contributed by atoms with Gasteiger partial charge in [-0.05, 0) is 25.6 Å². The van der Waals surface area contributed by atoms with Gasteiger partial charge in [-0.15, -0.1) is 0 Å². The van der Waals surface area contributed by atoms with Gasteiger partial charge in [-0.1, -0.05) is 6.42 Å². The van der Waals surface area contributed by atoms with Crippen molar-refractivity contribution < 1.29 is 108 Å². The number of nitrogens with one attached hydrogen (secondary N) is 2. The minimum absolute atomic E-state index is 0. The van der Waals surface area contributed by atoms with Gasteiger partial charge in [0, 0.05) is 63.2 Å². The molecule has 0 spiro atoms. The number of aliphatic hydroxyl groups excluding tert-OH is 1. The number of ketones is 1. The molecule has 2 amide bonds. The quantitative estimate of drug-likeness (QED) is 0.0498. The van der Waals surface area contributed by atoms with Crippen molar-refractivity contribution in [3.63, 3.8) is 0 Å². The summed E-state index contributed by atoms with van der Waals surface area (Å²) in [4.78, 5) is 110. The largest absolute Gasteiger partial charge is 0.756 e. The molecule has 1 aromatic heterocycles. The minimum atomic E-state index is -6.12. The van der Waals surface area contributed by atoms with E-state index >= 15 is 0 Å². The van der Waals surface area contributed by atoms with Crippen molar-refractivity contribution in [3.8, 4) is 0 Å². The fraction of sp³-hybridized carbons (Fsp3) is 0.619. The van der Waals surface area contributed by atoms with Crippen molar-refractivity contribution in [3.05, 3.63) is 38.3 Å². The third-order valence-corrected chi connectivity index (χ3v) is 9.59. The van der Waals surface area contributed by atoms with Gasteiger partial charge in [-0.25, -0.2) is 13.4 Å². The summed E-state index contributed by atoms with van der Waals surface area (Å²) in [5.41, 5.74) is 10.1. The Bertz CT molecular complexity index is 1550. The summed E-state index contributed by atoms with van der Waals surface area (Å²) in [6.45, 7) is 0.237. The molecule has 0 bridgehead atoms. The van der Waals surface area contributed by atoms with Crippen LogP contribution in [0.4, 0.5) is 0 Å². The summed E-state index contributed by atoms with van der Waals surface area (Å²) in [5.74, 6) is -3.53. The monoisotopic (exact) mass is 818 g/mol. The van der Waals surface area contributed by atoms with Crippen LogP contribution in [0.25, 0.3) is 5.73 Å². The molecule has 1 aliphatic heterocycles. The van der Waals surface area contributed by atoms with E-state index in [1.54, 1.807) is 6.29 Å². The number of nitrogens with zero attached hydrogens (tertiary/aromatic N) is 1. The van der Waals surface area contributed by atoms with Gasteiger partial charge in [0.15, 0.2) is 0 Å². The molecule has 1 aliphatic rings. The van der Waals surface area contributed by atoms with Crippen molar-refractivity contribution in [1.29, 1.82) is 0 Å². The third kappa shape index (κ3) is 16.9. The summed E-state index contributed by atoms with van der Waals surface area (Å²) in [5, 5.41) is 10.2. The number of phosphoric ester groups is 1. The number of primary amides is 1. The Morgan fingerprint density at radius 2 is 1.81 bits per heavy atom. The molecule has 1 fully saturated rings. The van der Waals surface area contributed by atoms with Crippen LogP contribution in [-0.2, 0) is 89.9 Å². The maximum atomic E-state index is 12.2. The summed E-state index contributed by atoms with van der Waals surface area (Å²) >= 11 is 0. The number of nitrogens with two attached hydrogens (primary N) is 1. The average molecular weight is 818 g/mol. The Balaban J connectivity index is 0.00000134. The van der Waals surface area contributed by atoms with Crippen LogP contribution in [0.2, 0.25) is 5.82 Å². The Morgan fingerprint density at radius 3 is 2.31 bits per heavy atom. The van der Waals surface area contributed by atoms with Crippen LogP contribution in [0.15, 0.2) is 15.8 Å². The number of phosphoric acid groups is 3. The molecule has 267 valence electrons. The van der Waals surface area contributed by atoms with Gasteiger partial charge in [0.1, 0.15) is 18.1 Å². The number of hydrogen-bond donors (Lipinski definition) is 4. The number of carbonyl (C=O) groups excluding carboxylic acids is 4. The molecule has 8 atom stereocenters. The van der Waals surface area contributed by atoms with Crippen LogP contribution in [-0.4, -0.2) is 70.1 Å². The van der Waals surface area contributed by atoms with Crippen molar-refractivity contribution >= 4 is 55.2 Å². The van der Waals surface area contributed by atoms with Gasteiger partial charge in [0.25, 0.3) is 29.0 Å². The van der Waals surface area contributed by atoms with E-state index in [1.807, 2.05) is 4.98 Å². The Hall–Kier alpha value is -1.54. The molecular weight excluding hydrogens is 789 g/mol. The van der Waals surface area contributed by atoms with Crippen molar-refractivity contribution in [2.45, 2.75) is 69.7 Å². The average Bonchev–Trinajstić information content (AvgIpc) is 3.17. The zero-order valence-corrected chi connectivity index (χ0v) is 30.4. The summed E-state index contributed by atoms with van der Waals surface area (Å²) in [6.07, 6.45) is -1.36. The molecule has 0 aromatic carbocycles. The van der Waals surface area contributed by atoms with Crippen molar-refractivity contribution in [1.82, 2.24) is 9.55 Å². The topological polar surface area (TPSA) is 371 Å². The minimum Gasteiger partial charge on any atom is -0.756 e. The maximum absolute atomic E-state index is 12.2. The molecule has 0 aliphatic carbocycles. The van der Waals surface area contributed by atoms with Crippen LogP contribution in [0.3, 0.4) is 0 Å². The number of aromatic amines is 1. The first-order valence-corrected chi connectivity index (χ1v) is 17.4. The molecule has 1 aromatic rings. The molecule has 22 nitrogen and oxygen atoms in total. The van der Waals surface area contributed by atoms with E-state index in [0.29, 0.717) is 0 Å². The number of carbonyl (C=O) groups is 3. The zero-order valence-electron chi connectivity index (χ0n) is 24.9. The number of aryl methyl sites for hydroxylation is 1. The van der Waals surface area contributed by atoms with Crippen molar-refractivity contribution in [2.24, 2.45) is 11.7 Å². The number of aromatic nitrogens is 2. The second-order valence-electron chi connectivity index (χ2n) is 9.75. The zero-order chi connectivity index (χ0) is 36.3. The van der Waals surface area contributed by atoms with Crippen LogP contribution in [0, 0.1) is 5.92 Å². The Morgan fingerprint density at radius 1 is 1.21 bits per heavy atom. The first kappa shape index (κ1) is 46.5. The van der Waals surface area contributed by atoms with Gasteiger partial charge < -0.3 is 59.8 Å². The molecule has 8 unspecified atom stereocenters. The first-order valence-electron chi connectivity index (χ1n) is 13.0. The fourth-order valence-electron chi connectivity index (χ4n) is 3.84. The van der Waals surface area contributed by atoms with E-state index in [9.17, 15) is 62.2 Å². The number of H-pyrrole nitrogens is 1. The summed E-state index contributed by atoms with van der Waals surface area (Å²) in [7, 11) is -12.1. The van der Waals surface area contributed by atoms with Crippen LogP contribution in [0.5, 0.6) is 0 Å². The smallest absolute Gasteiger partial charge is 0.330 e. The van der Waals surface area contributed by atoms with Crippen LogP contribution >= 0.6 is 23.5 Å². The standard InChI is InChI=1S/C13H19BN2O15P3.C8H14N2O3.Y/c14-9-10(18)8(6-28-33(24,25)31-34(26,27)30-32(21,22)23)29-12(9)16-5-7(3-1-2-4-17)11(19)15-13(16)20;1-5(11)4-6(8(10)13)2-3-7(9)12;/h5,8-10,12,18H,1-3,6H2,(H,24,25)(H,26,27)(H,15,19,20)(H2,21,22,23);6H,2-4H2,1H3,(H4,9,10,12,13);/q-1;;/p-4. The van der Waals surface area contributed by atoms with Gasteiger partial charge in [0.05, 0.1) is 26.5 Å². The van der Waals surface area contributed by atoms with E-state index in [-0.39, 0.29) is 82.6 Å². The SMILES string of the molecule is CC(=O)CC(CCC(N)=O)C([NH-])=O.[B]C1C(O)C(COP(=O)([O-])OP(=O)([O-])OP(=O)([O-])O)OC1n1cc(CCC[C-]=O)c(=O)[nH]c1=O.[Y]. The van der Waals surface area contributed by atoms with E-state index in [2.05, 4.69) is 13.1 Å². The van der Waals surface area contributed by atoms with E-state index in [0.717, 1.165) is 10.8 Å². The number of Topliss-reactive ketones (excluding diaryl/α,β-unsaturated/α-hetero) is 1. The Labute approximate surface area is 298 Å². The van der Waals surface area contributed by atoms with E-state index in [1.165, 1.54) is 6.92 Å². The summed E-state index contributed by atoms with van der Waals surface area (Å²) < 4.78 is 50.3. The fourth-order valence-corrected chi connectivity index (χ4v) is 6.74. The molecule has 27 heteroatoms. The first-order chi connectivity index (χ1) is 21.5. The number of aliphatic hydroxyl groups is 1. The van der Waals surface area contributed by atoms with E-state index in [4.69, 9.17) is 28.9 Å². The molecule has 0 saturated carbocycles. The number of amides is 2. The molecule has 3 radical (unpaired) electrons. The van der Waals surface area contributed by atoms with Crippen molar-refractivity contribution in [2.75, 3.05) is 6.61 Å². The molecule has 6 N–H and O–H groups in total. The maximum Gasteiger partial charge on any atom is 0.330 e. The van der Waals surface area contributed by atoms with Gasteiger partial charge in [-0.2, -0.15) is 6.42 Å². The van der Waals surface area contributed by atoms with Gasteiger partial charge >= 0.3 is 5.69 Å².